The van der Waals surface area contributed by atoms with E-state index in [1.54, 1.807) is 30.3 Å². The number of nitriles is 1. The second-order valence-corrected chi connectivity index (χ2v) is 11.1. The van der Waals surface area contributed by atoms with Crippen LogP contribution in [0.5, 0.6) is 5.75 Å². The minimum Gasteiger partial charge on any atom is -0.460 e. The van der Waals surface area contributed by atoms with Crippen molar-refractivity contribution in [1.29, 1.82) is 5.26 Å². The molecule has 0 radical (unpaired) electrons. The van der Waals surface area contributed by atoms with E-state index >= 15 is 0 Å². The lowest BCUT2D eigenvalue weighted by atomic mass is 10.1. The molecule has 2 aromatic carbocycles. The van der Waals surface area contributed by atoms with Crippen LogP contribution in [0.4, 0.5) is 0 Å². The normalized spacial score (nSPS) is 23.8. The van der Waals surface area contributed by atoms with Crippen LogP contribution in [0.25, 0.3) is 0 Å². The quantitative estimate of drug-likeness (QED) is 0.147. The van der Waals surface area contributed by atoms with Gasteiger partial charge in [-0.05, 0) is 36.8 Å². The summed E-state index contributed by atoms with van der Waals surface area (Å²) in [5, 5.41) is 32.7. The number of nitrogens with zero attached hydrogens (tertiary/aromatic N) is 2. The summed E-state index contributed by atoms with van der Waals surface area (Å²) in [7, 11) is -4.52. The Labute approximate surface area is 238 Å². The van der Waals surface area contributed by atoms with Gasteiger partial charge in [0.1, 0.15) is 37.2 Å². The number of hydrogen-bond donors (Lipinski definition) is 5. The number of nitrogens with two attached hydrogens (primary N) is 1. The van der Waals surface area contributed by atoms with Gasteiger partial charge in [0.05, 0.1) is 11.6 Å². The lowest BCUT2D eigenvalue weighted by Gasteiger charge is -2.30. The van der Waals surface area contributed by atoms with E-state index in [9.17, 15) is 29.2 Å². The molecule has 6 N–H and O–H groups in total. The van der Waals surface area contributed by atoms with Crippen LogP contribution in [0, 0.1) is 11.3 Å². The van der Waals surface area contributed by atoms with Crippen molar-refractivity contribution in [2.24, 2.45) is 5.73 Å². The van der Waals surface area contributed by atoms with E-state index in [-0.39, 0.29) is 12.4 Å². The van der Waals surface area contributed by atoms with Gasteiger partial charge in [0.2, 0.25) is 0 Å². The molecule has 1 saturated heterocycles. The van der Waals surface area contributed by atoms with Crippen LogP contribution in [0.1, 0.15) is 24.3 Å². The molecule has 2 heterocycles. The van der Waals surface area contributed by atoms with E-state index in [2.05, 4.69) is 5.09 Å². The molecule has 1 unspecified atom stereocenters. The van der Waals surface area contributed by atoms with Gasteiger partial charge in [0.25, 0.3) is 5.56 Å². The fraction of sp³-hybridized carbons (Fsp3) is 0.308. The van der Waals surface area contributed by atoms with Gasteiger partial charge >= 0.3 is 19.4 Å². The molecule has 0 saturated carbocycles. The monoisotopic (exact) mass is 601 g/mol. The minimum atomic E-state index is -4.52. The van der Waals surface area contributed by atoms with Crippen molar-refractivity contribution >= 4 is 13.7 Å². The van der Waals surface area contributed by atoms with E-state index in [1.165, 1.54) is 31.2 Å². The number of aromatic amines is 1. The second-order valence-electron chi connectivity index (χ2n) is 9.36. The van der Waals surface area contributed by atoms with Crippen molar-refractivity contribution in [2.45, 2.75) is 43.7 Å². The Morgan fingerprint density at radius 1 is 1.21 bits per heavy atom. The summed E-state index contributed by atoms with van der Waals surface area (Å²) >= 11 is 0. The highest BCUT2D eigenvalue weighted by molar-refractivity contribution is 7.52. The van der Waals surface area contributed by atoms with Crippen LogP contribution in [0.15, 0.2) is 76.4 Å². The molecule has 4 rings (SSSR count). The maximum Gasteiger partial charge on any atom is 0.459 e. The van der Waals surface area contributed by atoms with Crippen LogP contribution in [0.2, 0.25) is 0 Å². The molecule has 6 atom stereocenters. The lowest BCUT2D eigenvalue weighted by molar-refractivity contribution is -0.146. The number of rotatable bonds is 11. The third-order valence-electron chi connectivity index (χ3n) is 6.18. The first-order valence-corrected chi connectivity index (χ1v) is 14.0. The van der Waals surface area contributed by atoms with E-state index in [0.717, 1.165) is 22.4 Å². The zero-order chi connectivity index (χ0) is 30.5. The van der Waals surface area contributed by atoms with Crippen LogP contribution in [-0.2, 0) is 30.0 Å². The topological polar surface area (TPSA) is 228 Å². The molecule has 0 spiro atoms. The largest absolute Gasteiger partial charge is 0.460 e. The number of H-pyrrole nitrogens is 1. The number of aliphatic hydroxyl groups is 2. The molecule has 15 nitrogen and oxygen atoms in total. The number of carbonyl (C=O) groups is 1. The van der Waals surface area contributed by atoms with Gasteiger partial charge in [0, 0.05) is 12.3 Å². The number of aliphatic hydroxyl groups excluding tert-OH is 2. The predicted octanol–water partition coefficient (Wildman–Crippen LogP) is 0.239. The molecule has 0 amide bonds. The molecule has 1 aliphatic heterocycles. The van der Waals surface area contributed by atoms with E-state index in [1.807, 2.05) is 11.1 Å². The fourth-order valence-electron chi connectivity index (χ4n) is 3.93. The molecular formula is C26H28N5O10P. The summed E-state index contributed by atoms with van der Waals surface area (Å²) in [4.78, 5) is 38.3. The Morgan fingerprint density at radius 2 is 1.90 bits per heavy atom. The first-order chi connectivity index (χ1) is 19.9. The highest BCUT2D eigenvalue weighted by Crippen LogP contribution is 2.47. The zero-order valence-corrected chi connectivity index (χ0v) is 23.0. The van der Waals surface area contributed by atoms with Gasteiger partial charge in [-0.15, -0.1) is 0 Å². The fourth-order valence-corrected chi connectivity index (χ4v) is 5.46. The lowest BCUT2D eigenvalue weighted by Crippen LogP contribution is -2.54. The van der Waals surface area contributed by atoms with E-state index < -0.39 is 61.8 Å². The number of hydrogen-bond acceptors (Lipinski definition) is 12. The summed E-state index contributed by atoms with van der Waals surface area (Å²) in [6, 6.07) is 16.0. The smallest absolute Gasteiger partial charge is 0.459 e. The Kier molecular flexibility index (Phi) is 9.40. The molecule has 0 aliphatic carbocycles. The Morgan fingerprint density at radius 3 is 2.55 bits per heavy atom. The van der Waals surface area contributed by atoms with Gasteiger partial charge in [0.15, 0.2) is 12.0 Å². The first-order valence-electron chi connectivity index (χ1n) is 12.5. The van der Waals surface area contributed by atoms with Gasteiger partial charge in [-0.1, -0.05) is 30.3 Å². The van der Waals surface area contributed by atoms with Crippen molar-refractivity contribution in [3.63, 3.8) is 0 Å². The molecule has 1 aromatic heterocycles. The maximum atomic E-state index is 13.9. The van der Waals surface area contributed by atoms with Crippen molar-refractivity contribution < 1.29 is 38.1 Å². The van der Waals surface area contributed by atoms with Gasteiger partial charge < -0.3 is 24.2 Å². The van der Waals surface area contributed by atoms with E-state index in [0.29, 0.717) is 5.56 Å². The molecule has 1 fully saturated rings. The number of carbonyl (C=O) groups excluding carboxylic acids is 1. The number of benzene rings is 2. The van der Waals surface area contributed by atoms with Crippen LogP contribution >= 0.6 is 7.75 Å². The Balaban J connectivity index is 1.52. The number of esters is 1. The van der Waals surface area contributed by atoms with Crippen molar-refractivity contribution in [1.82, 2.24) is 14.6 Å². The van der Waals surface area contributed by atoms with E-state index in [4.69, 9.17) is 29.5 Å². The predicted molar refractivity (Wildman–Crippen MR) is 145 cm³/mol. The van der Waals surface area contributed by atoms with Crippen LogP contribution < -0.4 is 26.6 Å². The summed E-state index contributed by atoms with van der Waals surface area (Å²) in [6.07, 6.45) is -4.13. The van der Waals surface area contributed by atoms with Crippen molar-refractivity contribution in [3.8, 4) is 11.8 Å². The third kappa shape index (κ3) is 7.19. The molecular weight excluding hydrogens is 573 g/mol. The summed E-state index contributed by atoms with van der Waals surface area (Å²) in [6.45, 7) is 0.432. The van der Waals surface area contributed by atoms with Crippen molar-refractivity contribution in [2.75, 3.05) is 6.61 Å². The second kappa shape index (κ2) is 12.8. The molecule has 42 heavy (non-hydrogen) atoms. The summed E-state index contributed by atoms with van der Waals surface area (Å²) < 4.78 is 36.6. The number of aromatic nitrogens is 2. The summed E-state index contributed by atoms with van der Waals surface area (Å²) in [5.41, 5.74) is 3.31. The number of nitrogens with one attached hydrogen (secondary N) is 2. The standard InChI is InChI=1S/C26H28N5O10P/c1-16(24(35)38-14-18-5-3-2-4-6-18)30-42(37,41-19-9-7-17(13-27)8-10-19)39-15-26(28)22(34)21(33)23(40-26)31-12-11-20(32)29-25(31)36/h2-12,16,21-23,33-34H,14-15,28H2,1H3,(H,30,37)(H,29,32,36)/t16-,21+,22-,23+,26+,42?/m0/s1. The first kappa shape index (κ1) is 30.8. The Hall–Kier alpha value is -4.13. The molecule has 0 bridgehead atoms. The SMILES string of the molecule is C[C@H](NP(=O)(OC[C@@]1(N)O[C@@H](n2ccc(=O)[nH]c2=O)[C@H](O)[C@@H]1O)Oc1ccc(C#N)cc1)C(=O)OCc1ccccc1. The molecule has 16 heteroatoms. The molecule has 222 valence electrons. The van der Waals surface area contributed by atoms with Crippen molar-refractivity contribution in [3.05, 3.63) is 98.8 Å². The average molecular weight is 602 g/mol. The Bertz CT molecular complexity index is 1610. The molecule has 1 aliphatic rings. The maximum absolute atomic E-state index is 13.9. The number of ether oxygens (including phenoxy) is 2. The van der Waals surface area contributed by atoms with Gasteiger partial charge in [-0.2, -0.15) is 10.3 Å². The van der Waals surface area contributed by atoms with Gasteiger partial charge in [-0.25, -0.2) is 9.36 Å². The van der Waals surface area contributed by atoms with Gasteiger partial charge in [-0.3, -0.25) is 29.4 Å². The highest BCUT2D eigenvalue weighted by Gasteiger charge is 2.54. The highest BCUT2D eigenvalue weighted by atomic mass is 31.2. The average Bonchev–Trinajstić information content (AvgIpc) is 3.20. The zero-order valence-electron chi connectivity index (χ0n) is 22.2. The summed E-state index contributed by atoms with van der Waals surface area (Å²) in [5.74, 6) is -0.801. The van der Waals surface area contributed by atoms with Crippen LogP contribution in [0.3, 0.4) is 0 Å². The molecule has 3 aromatic rings. The third-order valence-corrected chi connectivity index (χ3v) is 7.80. The van der Waals surface area contributed by atoms with Crippen LogP contribution in [-0.4, -0.2) is 56.3 Å². The minimum absolute atomic E-state index is 0.00801.